The topological polar surface area (TPSA) is 76.2 Å². The lowest BCUT2D eigenvalue weighted by Crippen LogP contribution is -2.36. The summed E-state index contributed by atoms with van der Waals surface area (Å²) in [4.78, 5) is 13.6. The molecule has 3 N–H and O–H groups in total. The highest BCUT2D eigenvalue weighted by molar-refractivity contribution is 5.78. The van der Waals surface area contributed by atoms with Crippen molar-refractivity contribution in [2.45, 2.75) is 46.2 Å². The van der Waals surface area contributed by atoms with Gasteiger partial charge >= 0.3 is 0 Å². The highest BCUT2D eigenvalue weighted by atomic mass is 16.1. The van der Waals surface area contributed by atoms with Crippen LogP contribution >= 0.6 is 0 Å². The largest absolute Gasteiger partial charge is 0.369 e. The predicted molar refractivity (Wildman–Crippen MR) is 84.1 cm³/mol. The summed E-state index contributed by atoms with van der Waals surface area (Å²) in [6, 6.07) is 0. The van der Waals surface area contributed by atoms with E-state index in [1.807, 2.05) is 18.7 Å². The maximum absolute atomic E-state index is 11.4. The third-order valence-electron chi connectivity index (χ3n) is 4.00. The van der Waals surface area contributed by atoms with Crippen molar-refractivity contribution in [1.29, 1.82) is 0 Å². The van der Waals surface area contributed by atoms with Gasteiger partial charge in [-0.05, 0) is 34.1 Å². The summed E-state index contributed by atoms with van der Waals surface area (Å²) in [5, 5.41) is 8.06. The first-order valence-corrected chi connectivity index (χ1v) is 7.51. The lowest BCUT2D eigenvalue weighted by atomic mass is 10.1. The lowest BCUT2D eigenvalue weighted by Gasteiger charge is -2.24. The standard InChI is InChI=1S/C15H27N5O/c1-10-12(8-17-15(2,3)4)14(19(5)18-10)20-7-6-11(9-20)13(16)21/h11,17H,6-9H2,1-5H3,(H2,16,21). The van der Waals surface area contributed by atoms with Gasteiger partial charge in [0.05, 0.1) is 11.6 Å². The molecule has 0 aliphatic carbocycles. The first kappa shape index (κ1) is 15.8. The van der Waals surface area contributed by atoms with E-state index >= 15 is 0 Å². The van der Waals surface area contributed by atoms with Gasteiger partial charge in [-0.3, -0.25) is 9.48 Å². The van der Waals surface area contributed by atoms with Crippen molar-refractivity contribution < 1.29 is 4.79 Å². The molecule has 1 aromatic rings. The van der Waals surface area contributed by atoms with Crippen LogP contribution < -0.4 is 16.0 Å². The molecule has 0 bridgehead atoms. The number of aryl methyl sites for hydroxylation is 2. The summed E-state index contributed by atoms with van der Waals surface area (Å²) in [7, 11) is 1.96. The molecule has 1 saturated heterocycles. The summed E-state index contributed by atoms with van der Waals surface area (Å²) in [6.45, 7) is 10.8. The second-order valence-electron chi connectivity index (χ2n) is 6.95. The first-order chi connectivity index (χ1) is 9.69. The van der Waals surface area contributed by atoms with E-state index in [1.165, 1.54) is 5.56 Å². The number of amides is 1. The van der Waals surface area contributed by atoms with Crippen LogP contribution in [-0.4, -0.2) is 34.3 Å². The molecule has 21 heavy (non-hydrogen) atoms. The zero-order valence-electron chi connectivity index (χ0n) is 13.7. The summed E-state index contributed by atoms with van der Waals surface area (Å²) in [5.41, 5.74) is 7.73. The van der Waals surface area contributed by atoms with E-state index in [1.54, 1.807) is 0 Å². The molecule has 2 rings (SSSR count). The molecule has 0 saturated carbocycles. The van der Waals surface area contributed by atoms with Crippen LogP contribution in [0, 0.1) is 12.8 Å². The quantitative estimate of drug-likeness (QED) is 0.866. The van der Waals surface area contributed by atoms with Gasteiger partial charge in [-0.25, -0.2) is 0 Å². The monoisotopic (exact) mass is 293 g/mol. The number of anilines is 1. The Morgan fingerprint density at radius 3 is 2.67 bits per heavy atom. The van der Waals surface area contributed by atoms with Gasteiger partial charge in [-0.15, -0.1) is 0 Å². The minimum absolute atomic E-state index is 0.0522. The Bertz CT molecular complexity index is 529. The molecule has 2 heterocycles. The summed E-state index contributed by atoms with van der Waals surface area (Å²) >= 11 is 0. The van der Waals surface area contributed by atoms with Crippen molar-refractivity contribution in [1.82, 2.24) is 15.1 Å². The number of aromatic nitrogens is 2. The Balaban J connectivity index is 2.21. The van der Waals surface area contributed by atoms with Crippen LogP contribution in [0.2, 0.25) is 0 Å². The molecule has 118 valence electrons. The third-order valence-corrected chi connectivity index (χ3v) is 4.00. The number of primary amides is 1. The molecular formula is C15H27N5O. The van der Waals surface area contributed by atoms with Gasteiger partial charge in [-0.1, -0.05) is 0 Å². The Kier molecular flexibility index (Phi) is 4.27. The molecule has 1 aromatic heterocycles. The fourth-order valence-electron chi connectivity index (χ4n) is 2.83. The van der Waals surface area contributed by atoms with Gasteiger partial charge in [0.15, 0.2) is 0 Å². The van der Waals surface area contributed by atoms with Crippen LogP contribution in [0.4, 0.5) is 5.82 Å². The van der Waals surface area contributed by atoms with Crippen LogP contribution in [0.25, 0.3) is 0 Å². The normalized spacial score (nSPS) is 19.3. The molecule has 1 aliphatic heterocycles. The zero-order valence-corrected chi connectivity index (χ0v) is 13.7. The average Bonchev–Trinajstić information content (AvgIpc) is 2.90. The smallest absolute Gasteiger partial charge is 0.222 e. The van der Waals surface area contributed by atoms with Crippen LogP contribution in [0.3, 0.4) is 0 Å². The van der Waals surface area contributed by atoms with Crippen molar-refractivity contribution >= 4 is 11.7 Å². The van der Waals surface area contributed by atoms with Gasteiger partial charge in [0.25, 0.3) is 0 Å². The van der Waals surface area contributed by atoms with Gasteiger partial charge in [0, 0.05) is 37.8 Å². The maximum Gasteiger partial charge on any atom is 0.222 e. The predicted octanol–water partition coefficient (Wildman–Crippen LogP) is 0.928. The Hall–Kier alpha value is -1.56. The Morgan fingerprint density at radius 2 is 2.14 bits per heavy atom. The fourth-order valence-corrected chi connectivity index (χ4v) is 2.83. The summed E-state index contributed by atoms with van der Waals surface area (Å²) < 4.78 is 1.92. The van der Waals surface area contributed by atoms with E-state index in [0.717, 1.165) is 31.0 Å². The molecule has 6 heteroatoms. The first-order valence-electron chi connectivity index (χ1n) is 7.51. The SMILES string of the molecule is Cc1nn(C)c(N2CCC(C(N)=O)C2)c1CNC(C)(C)C. The van der Waals surface area contributed by atoms with E-state index in [-0.39, 0.29) is 17.4 Å². The minimum atomic E-state index is -0.203. The van der Waals surface area contributed by atoms with Gasteiger partial charge in [0.1, 0.15) is 5.82 Å². The molecule has 1 atom stereocenters. The molecule has 0 aromatic carbocycles. The summed E-state index contributed by atoms with van der Waals surface area (Å²) in [6.07, 6.45) is 0.825. The van der Waals surface area contributed by atoms with Crippen LogP contribution in [0.15, 0.2) is 0 Å². The molecule has 1 unspecified atom stereocenters. The second kappa shape index (κ2) is 5.67. The highest BCUT2D eigenvalue weighted by Crippen LogP contribution is 2.29. The fraction of sp³-hybridized carbons (Fsp3) is 0.733. The molecule has 0 radical (unpaired) electrons. The number of rotatable bonds is 4. The van der Waals surface area contributed by atoms with Gasteiger partial charge < -0.3 is 16.0 Å². The maximum atomic E-state index is 11.4. The number of nitrogens with one attached hydrogen (secondary N) is 1. The van der Waals surface area contributed by atoms with Crippen LogP contribution in [0.1, 0.15) is 38.4 Å². The van der Waals surface area contributed by atoms with E-state index in [0.29, 0.717) is 6.54 Å². The molecule has 1 fully saturated rings. The van der Waals surface area contributed by atoms with Crippen LogP contribution in [0.5, 0.6) is 0 Å². The molecule has 1 aliphatic rings. The van der Waals surface area contributed by atoms with Crippen molar-refractivity contribution in [2.24, 2.45) is 18.7 Å². The minimum Gasteiger partial charge on any atom is -0.369 e. The lowest BCUT2D eigenvalue weighted by molar-refractivity contribution is -0.121. The summed E-state index contributed by atoms with van der Waals surface area (Å²) in [5.74, 6) is 0.849. The van der Waals surface area contributed by atoms with Gasteiger partial charge in [0.2, 0.25) is 5.91 Å². The van der Waals surface area contributed by atoms with Crippen LogP contribution in [-0.2, 0) is 18.4 Å². The van der Waals surface area contributed by atoms with E-state index in [9.17, 15) is 4.79 Å². The van der Waals surface area contributed by atoms with Crippen molar-refractivity contribution in [2.75, 3.05) is 18.0 Å². The van der Waals surface area contributed by atoms with E-state index in [2.05, 4.69) is 36.1 Å². The number of nitrogens with two attached hydrogens (primary N) is 1. The Labute approximate surface area is 126 Å². The second-order valence-corrected chi connectivity index (χ2v) is 6.95. The molecular weight excluding hydrogens is 266 g/mol. The van der Waals surface area contributed by atoms with E-state index < -0.39 is 0 Å². The number of carbonyl (C=O) groups excluding carboxylic acids is 1. The third kappa shape index (κ3) is 3.56. The average molecular weight is 293 g/mol. The van der Waals surface area contributed by atoms with Crippen molar-refractivity contribution in [3.8, 4) is 0 Å². The van der Waals surface area contributed by atoms with Crippen molar-refractivity contribution in [3.05, 3.63) is 11.3 Å². The highest BCUT2D eigenvalue weighted by Gasteiger charge is 2.30. The van der Waals surface area contributed by atoms with Crippen molar-refractivity contribution in [3.63, 3.8) is 0 Å². The zero-order chi connectivity index (χ0) is 15.8. The van der Waals surface area contributed by atoms with Gasteiger partial charge in [-0.2, -0.15) is 5.10 Å². The molecule has 0 spiro atoms. The Morgan fingerprint density at radius 1 is 1.48 bits per heavy atom. The molecule has 6 nitrogen and oxygen atoms in total. The number of hydrogen-bond acceptors (Lipinski definition) is 4. The number of hydrogen-bond donors (Lipinski definition) is 2. The number of carbonyl (C=O) groups is 1. The number of nitrogens with zero attached hydrogens (tertiary/aromatic N) is 3. The molecule has 1 amide bonds. The van der Waals surface area contributed by atoms with E-state index in [4.69, 9.17) is 5.73 Å².